The minimum absolute atomic E-state index is 0.0445. The second-order valence-corrected chi connectivity index (χ2v) is 6.32. The van der Waals surface area contributed by atoms with E-state index >= 15 is 0 Å². The fraction of sp³-hybridized carbons (Fsp3) is 0.381. The summed E-state index contributed by atoms with van der Waals surface area (Å²) in [5.41, 5.74) is 1.13. The number of methoxy groups -OCH3 is 1. The van der Waals surface area contributed by atoms with Gasteiger partial charge in [-0.25, -0.2) is 4.39 Å². The van der Waals surface area contributed by atoms with E-state index in [4.69, 9.17) is 9.47 Å². The number of hydrogen-bond acceptors (Lipinski definition) is 4. The summed E-state index contributed by atoms with van der Waals surface area (Å²) in [5, 5.41) is 2.94. The zero-order chi connectivity index (χ0) is 19.6. The van der Waals surface area contributed by atoms with E-state index in [1.54, 1.807) is 25.3 Å². The third-order valence-corrected chi connectivity index (χ3v) is 4.45. The first kappa shape index (κ1) is 20.7. The molecule has 0 saturated carbocycles. The molecule has 0 fully saturated rings. The SMILES string of the molecule is COc1ccc(CCNC(=O)C(C)N(C)CCOc2ccccc2F)cc1. The smallest absolute Gasteiger partial charge is 0.237 e. The van der Waals surface area contributed by atoms with Crippen LogP contribution < -0.4 is 14.8 Å². The highest BCUT2D eigenvalue weighted by Crippen LogP contribution is 2.15. The highest BCUT2D eigenvalue weighted by atomic mass is 19.1. The maximum atomic E-state index is 13.5. The number of carbonyl (C=O) groups excluding carboxylic acids is 1. The third kappa shape index (κ3) is 6.57. The number of likely N-dealkylation sites (N-methyl/N-ethyl adjacent to an activating group) is 1. The van der Waals surface area contributed by atoms with Crippen molar-refractivity contribution in [3.63, 3.8) is 0 Å². The molecule has 0 radical (unpaired) electrons. The number of carbonyl (C=O) groups is 1. The highest BCUT2D eigenvalue weighted by molar-refractivity contribution is 5.81. The highest BCUT2D eigenvalue weighted by Gasteiger charge is 2.17. The number of amides is 1. The molecule has 0 bridgehead atoms. The first-order valence-corrected chi connectivity index (χ1v) is 8.99. The van der Waals surface area contributed by atoms with Crippen molar-refractivity contribution in [3.8, 4) is 11.5 Å². The molecule has 2 aromatic rings. The van der Waals surface area contributed by atoms with Gasteiger partial charge in [-0.1, -0.05) is 24.3 Å². The molecule has 2 rings (SSSR count). The summed E-state index contributed by atoms with van der Waals surface area (Å²) in [6, 6.07) is 13.8. The standard InChI is InChI=1S/C21H27FN2O3/c1-16(24(2)14-15-27-20-7-5-4-6-19(20)22)21(25)23-13-12-17-8-10-18(26-3)11-9-17/h4-11,16H,12-15H2,1-3H3,(H,23,25). The van der Waals surface area contributed by atoms with E-state index in [9.17, 15) is 9.18 Å². The van der Waals surface area contributed by atoms with E-state index in [-0.39, 0.29) is 23.5 Å². The molecule has 0 saturated heterocycles. The van der Waals surface area contributed by atoms with Crippen LogP contribution in [0, 0.1) is 5.82 Å². The monoisotopic (exact) mass is 374 g/mol. The minimum Gasteiger partial charge on any atom is -0.497 e. The van der Waals surface area contributed by atoms with Crippen LogP contribution >= 0.6 is 0 Å². The van der Waals surface area contributed by atoms with E-state index in [1.807, 2.05) is 43.1 Å². The fourth-order valence-corrected chi connectivity index (χ4v) is 2.53. The van der Waals surface area contributed by atoms with Gasteiger partial charge < -0.3 is 14.8 Å². The van der Waals surface area contributed by atoms with Gasteiger partial charge in [0.25, 0.3) is 0 Å². The van der Waals surface area contributed by atoms with Gasteiger partial charge in [-0.05, 0) is 50.2 Å². The molecule has 1 amide bonds. The van der Waals surface area contributed by atoms with Crippen molar-refractivity contribution in [2.75, 3.05) is 33.9 Å². The molecule has 1 N–H and O–H groups in total. The van der Waals surface area contributed by atoms with Crippen LogP contribution in [0.3, 0.4) is 0 Å². The Kier molecular flexibility index (Phi) is 8.07. The van der Waals surface area contributed by atoms with Crippen molar-refractivity contribution in [1.82, 2.24) is 10.2 Å². The van der Waals surface area contributed by atoms with Gasteiger partial charge in [-0.15, -0.1) is 0 Å². The zero-order valence-corrected chi connectivity index (χ0v) is 16.1. The Hall–Kier alpha value is -2.60. The molecule has 0 spiro atoms. The second-order valence-electron chi connectivity index (χ2n) is 6.32. The molecule has 6 heteroatoms. The van der Waals surface area contributed by atoms with Crippen molar-refractivity contribution in [1.29, 1.82) is 0 Å². The molecule has 0 aliphatic rings. The quantitative estimate of drug-likeness (QED) is 0.695. The third-order valence-electron chi connectivity index (χ3n) is 4.45. The molecule has 146 valence electrons. The Balaban J connectivity index is 1.69. The normalized spacial score (nSPS) is 11.9. The largest absolute Gasteiger partial charge is 0.497 e. The summed E-state index contributed by atoms with van der Waals surface area (Å²) in [7, 11) is 3.48. The lowest BCUT2D eigenvalue weighted by molar-refractivity contribution is -0.125. The summed E-state index contributed by atoms with van der Waals surface area (Å²) in [6.45, 7) is 3.23. The molecule has 0 aliphatic carbocycles. The lowest BCUT2D eigenvalue weighted by Gasteiger charge is -2.24. The van der Waals surface area contributed by atoms with E-state index in [0.717, 1.165) is 17.7 Å². The topological polar surface area (TPSA) is 50.8 Å². The van der Waals surface area contributed by atoms with Gasteiger partial charge in [-0.3, -0.25) is 9.69 Å². The lowest BCUT2D eigenvalue weighted by Crippen LogP contribution is -2.45. The van der Waals surface area contributed by atoms with E-state index < -0.39 is 0 Å². The molecule has 0 aliphatic heterocycles. The second kappa shape index (κ2) is 10.5. The number of hydrogen-bond donors (Lipinski definition) is 1. The number of para-hydroxylation sites is 1. The Morgan fingerprint density at radius 2 is 1.89 bits per heavy atom. The molecule has 0 heterocycles. The Morgan fingerprint density at radius 1 is 1.19 bits per heavy atom. The number of nitrogens with one attached hydrogen (secondary N) is 1. The summed E-state index contributed by atoms with van der Waals surface area (Å²) < 4.78 is 24.1. The first-order valence-electron chi connectivity index (χ1n) is 8.99. The summed E-state index contributed by atoms with van der Waals surface area (Å²) >= 11 is 0. The molecule has 2 aromatic carbocycles. The van der Waals surface area contributed by atoms with E-state index in [0.29, 0.717) is 19.7 Å². The van der Waals surface area contributed by atoms with Crippen molar-refractivity contribution in [2.45, 2.75) is 19.4 Å². The maximum absolute atomic E-state index is 13.5. The number of ether oxygens (including phenoxy) is 2. The minimum atomic E-state index is -0.385. The van der Waals surface area contributed by atoms with E-state index in [1.165, 1.54) is 6.07 Å². The first-order chi connectivity index (χ1) is 13.0. The van der Waals surface area contributed by atoms with Crippen LogP contribution in [-0.4, -0.2) is 50.7 Å². The van der Waals surface area contributed by atoms with Crippen LogP contribution in [0.5, 0.6) is 11.5 Å². The molecule has 1 unspecified atom stereocenters. The van der Waals surface area contributed by atoms with Crippen LogP contribution in [-0.2, 0) is 11.2 Å². The van der Waals surface area contributed by atoms with Crippen molar-refractivity contribution >= 4 is 5.91 Å². The predicted octanol–water partition coefficient (Wildman–Crippen LogP) is 2.89. The van der Waals surface area contributed by atoms with Gasteiger partial charge in [0.2, 0.25) is 5.91 Å². The van der Waals surface area contributed by atoms with Crippen LogP contribution in [0.4, 0.5) is 4.39 Å². The predicted molar refractivity (Wildman–Crippen MR) is 104 cm³/mol. The number of rotatable bonds is 10. The number of halogens is 1. The lowest BCUT2D eigenvalue weighted by atomic mass is 10.1. The summed E-state index contributed by atoms with van der Waals surface area (Å²) in [5.74, 6) is 0.611. The molecular weight excluding hydrogens is 347 g/mol. The molecule has 1 atom stereocenters. The van der Waals surface area contributed by atoms with Crippen LogP contribution in [0.25, 0.3) is 0 Å². The van der Waals surface area contributed by atoms with Crippen molar-refractivity contribution in [3.05, 3.63) is 59.9 Å². The van der Waals surface area contributed by atoms with Crippen LogP contribution in [0.15, 0.2) is 48.5 Å². The molecule has 0 aromatic heterocycles. The van der Waals surface area contributed by atoms with Crippen LogP contribution in [0.2, 0.25) is 0 Å². The average molecular weight is 374 g/mol. The summed E-state index contributed by atoms with van der Waals surface area (Å²) in [6.07, 6.45) is 0.753. The molecule has 27 heavy (non-hydrogen) atoms. The molecular formula is C21H27FN2O3. The van der Waals surface area contributed by atoms with Crippen molar-refractivity contribution in [2.24, 2.45) is 0 Å². The average Bonchev–Trinajstić information content (AvgIpc) is 2.69. The number of nitrogens with zero attached hydrogens (tertiary/aromatic N) is 1. The van der Waals surface area contributed by atoms with Gasteiger partial charge in [0.15, 0.2) is 11.6 Å². The Labute approximate surface area is 160 Å². The van der Waals surface area contributed by atoms with Gasteiger partial charge in [0.1, 0.15) is 12.4 Å². The maximum Gasteiger partial charge on any atom is 0.237 e. The summed E-state index contributed by atoms with van der Waals surface area (Å²) in [4.78, 5) is 14.2. The Morgan fingerprint density at radius 3 is 2.56 bits per heavy atom. The van der Waals surface area contributed by atoms with Crippen LogP contribution in [0.1, 0.15) is 12.5 Å². The van der Waals surface area contributed by atoms with Gasteiger partial charge in [0.05, 0.1) is 13.2 Å². The van der Waals surface area contributed by atoms with Gasteiger partial charge >= 0.3 is 0 Å². The molecule has 5 nitrogen and oxygen atoms in total. The Bertz CT molecular complexity index is 722. The fourth-order valence-electron chi connectivity index (χ4n) is 2.53. The van der Waals surface area contributed by atoms with Gasteiger partial charge in [0, 0.05) is 13.1 Å². The number of benzene rings is 2. The van der Waals surface area contributed by atoms with E-state index in [2.05, 4.69) is 5.32 Å². The van der Waals surface area contributed by atoms with Gasteiger partial charge in [-0.2, -0.15) is 0 Å². The van der Waals surface area contributed by atoms with Crippen molar-refractivity contribution < 1.29 is 18.7 Å². The zero-order valence-electron chi connectivity index (χ0n) is 16.1.